The Morgan fingerprint density at radius 1 is 1.67 bits per heavy atom. The van der Waals surface area contributed by atoms with Gasteiger partial charge < -0.3 is 15.6 Å². The molecule has 5 heteroatoms. The highest BCUT2D eigenvalue weighted by molar-refractivity contribution is 5.32. The summed E-state index contributed by atoms with van der Waals surface area (Å²) in [6, 6.07) is 1.50. The standard InChI is InChI=1S/C10H16N4O/c1-7-13-9(4-10(15)14-7)12-6-8-2-3-11-5-8/h4,8,11H,2-3,5-6H2,1H3,(H2,12,13,14,15). The van der Waals surface area contributed by atoms with Crippen LogP contribution in [0, 0.1) is 12.8 Å². The van der Waals surface area contributed by atoms with Gasteiger partial charge in [-0.25, -0.2) is 4.98 Å². The number of aromatic nitrogens is 2. The Morgan fingerprint density at radius 2 is 2.53 bits per heavy atom. The Balaban J connectivity index is 1.95. The Morgan fingerprint density at radius 3 is 3.20 bits per heavy atom. The van der Waals surface area contributed by atoms with Gasteiger partial charge >= 0.3 is 0 Å². The highest BCUT2D eigenvalue weighted by Gasteiger charge is 2.13. The zero-order chi connectivity index (χ0) is 10.7. The molecule has 15 heavy (non-hydrogen) atoms. The van der Waals surface area contributed by atoms with E-state index >= 15 is 0 Å². The number of nitrogens with zero attached hydrogens (tertiary/aromatic N) is 1. The molecule has 1 aliphatic heterocycles. The minimum absolute atomic E-state index is 0.102. The molecule has 2 heterocycles. The molecule has 0 radical (unpaired) electrons. The van der Waals surface area contributed by atoms with Crippen LogP contribution in [0.15, 0.2) is 10.9 Å². The highest BCUT2D eigenvalue weighted by atomic mass is 16.1. The van der Waals surface area contributed by atoms with Crippen molar-refractivity contribution in [3.63, 3.8) is 0 Å². The van der Waals surface area contributed by atoms with Crippen LogP contribution in [0.2, 0.25) is 0 Å². The zero-order valence-electron chi connectivity index (χ0n) is 8.84. The Labute approximate surface area is 88.3 Å². The van der Waals surface area contributed by atoms with Gasteiger partial charge in [0.25, 0.3) is 5.56 Å². The van der Waals surface area contributed by atoms with E-state index in [1.807, 2.05) is 0 Å². The summed E-state index contributed by atoms with van der Waals surface area (Å²) < 4.78 is 0. The minimum atomic E-state index is -0.102. The van der Waals surface area contributed by atoms with Crippen molar-refractivity contribution in [3.8, 4) is 0 Å². The van der Waals surface area contributed by atoms with Crippen molar-refractivity contribution in [2.75, 3.05) is 25.0 Å². The van der Waals surface area contributed by atoms with Crippen LogP contribution >= 0.6 is 0 Å². The van der Waals surface area contributed by atoms with Crippen molar-refractivity contribution in [2.24, 2.45) is 5.92 Å². The molecule has 3 N–H and O–H groups in total. The van der Waals surface area contributed by atoms with Crippen LogP contribution in [0.25, 0.3) is 0 Å². The van der Waals surface area contributed by atoms with Gasteiger partial charge in [-0.05, 0) is 32.4 Å². The lowest BCUT2D eigenvalue weighted by Crippen LogP contribution is -2.19. The summed E-state index contributed by atoms with van der Waals surface area (Å²) in [7, 11) is 0. The van der Waals surface area contributed by atoms with E-state index in [1.165, 1.54) is 12.5 Å². The fraction of sp³-hybridized carbons (Fsp3) is 0.600. The minimum Gasteiger partial charge on any atom is -0.370 e. The van der Waals surface area contributed by atoms with E-state index in [0.29, 0.717) is 17.6 Å². The van der Waals surface area contributed by atoms with Crippen molar-refractivity contribution >= 4 is 5.82 Å². The third kappa shape index (κ3) is 2.79. The van der Waals surface area contributed by atoms with E-state index in [4.69, 9.17) is 0 Å². The number of hydrogen-bond donors (Lipinski definition) is 3. The summed E-state index contributed by atoms with van der Waals surface area (Å²) in [4.78, 5) is 18.0. The van der Waals surface area contributed by atoms with Gasteiger partial charge in [-0.2, -0.15) is 0 Å². The molecule has 0 bridgehead atoms. The van der Waals surface area contributed by atoms with Gasteiger partial charge in [0.05, 0.1) is 0 Å². The van der Waals surface area contributed by atoms with Crippen LogP contribution in [0.1, 0.15) is 12.2 Å². The van der Waals surface area contributed by atoms with Crippen LogP contribution in [0.5, 0.6) is 0 Å². The summed E-state index contributed by atoms with van der Waals surface area (Å²) in [5, 5.41) is 6.50. The normalized spacial score (nSPS) is 20.5. The van der Waals surface area contributed by atoms with E-state index in [-0.39, 0.29) is 5.56 Å². The molecule has 0 aliphatic carbocycles. The van der Waals surface area contributed by atoms with Gasteiger partial charge in [-0.3, -0.25) is 4.79 Å². The number of H-pyrrole nitrogens is 1. The van der Waals surface area contributed by atoms with Gasteiger partial charge in [0, 0.05) is 12.6 Å². The molecule has 1 unspecified atom stereocenters. The molecule has 0 spiro atoms. The van der Waals surface area contributed by atoms with Crippen LogP contribution in [0.4, 0.5) is 5.82 Å². The third-order valence-electron chi connectivity index (χ3n) is 2.59. The summed E-state index contributed by atoms with van der Waals surface area (Å²) >= 11 is 0. The lowest BCUT2D eigenvalue weighted by atomic mass is 10.1. The second-order valence-electron chi connectivity index (χ2n) is 3.96. The largest absolute Gasteiger partial charge is 0.370 e. The van der Waals surface area contributed by atoms with E-state index in [9.17, 15) is 4.79 Å². The summed E-state index contributed by atoms with van der Waals surface area (Å²) in [5.74, 6) is 1.96. The average molecular weight is 208 g/mol. The molecule has 1 aromatic rings. The van der Waals surface area contributed by atoms with Gasteiger partial charge in [-0.1, -0.05) is 0 Å². The maximum Gasteiger partial charge on any atom is 0.252 e. The number of aromatic amines is 1. The predicted molar refractivity (Wildman–Crippen MR) is 59.1 cm³/mol. The molecule has 5 nitrogen and oxygen atoms in total. The van der Waals surface area contributed by atoms with Crippen molar-refractivity contribution in [1.82, 2.24) is 15.3 Å². The fourth-order valence-corrected chi connectivity index (χ4v) is 1.81. The Kier molecular flexibility index (Phi) is 3.01. The molecule has 1 aromatic heterocycles. The molecule has 0 amide bonds. The van der Waals surface area contributed by atoms with Gasteiger partial charge in [-0.15, -0.1) is 0 Å². The molecule has 1 fully saturated rings. The molecule has 0 saturated carbocycles. The first-order valence-corrected chi connectivity index (χ1v) is 5.26. The summed E-state index contributed by atoms with van der Waals surface area (Å²) in [6.45, 7) is 4.80. The Hall–Kier alpha value is -1.36. The molecular formula is C10H16N4O. The van der Waals surface area contributed by atoms with E-state index in [1.54, 1.807) is 6.92 Å². The maximum absolute atomic E-state index is 11.2. The fourth-order valence-electron chi connectivity index (χ4n) is 1.81. The van der Waals surface area contributed by atoms with E-state index < -0.39 is 0 Å². The van der Waals surface area contributed by atoms with E-state index in [0.717, 1.165) is 19.6 Å². The SMILES string of the molecule is Cc1nc(NCC2CCNC2)cc(=O)[nH]1. The summed E-state index contributed by atoms with van der Waals surface area (Å²) in [5.41, 5.74) is -0.102. The van der Waals surface area contributed by atoms with E-state index in [2.05, 4.69) is 20.6 Å². The molecule has 1 aliphatic rings. The number of aryl methyl sites for hydroxylation is 1. The first-order valence-electron chi connectivity index (χ1n) is 5.26. The average Bonchev–Trinajstić information content (AvgIpc) is 2.65. The zero-order valence-corrected chi connectivity index (χ0v) is 8.84. The first-order chi connectivity index (χ1) is 7.24. The third-order valence-corrected chi connectivity index (χ3v) is 2.59. The van der Waals surface area contributed by atoms with Crippen molar-refractivity contribution in [2.45, 2.75) is 13.3 Å². The molecule has 1 saturated heterocycles. The van der Waals surface area contributed by atoms with Gasteiger partial charge in [0.1, 0.15) is 11.6 Å². The summed E-state index contributed by atoms with van der Waals surface area (Å²) in [6.07, 6.45) is 1.19. The lowest BCUT2D eigenvalue weighted by Gasteiger charge is -2.10. The highest BCUT2D eigenvalue weighted by Crippen LogP contribution is 2.08. The van der Waals surface area contributed by atoms with Gasteiger partial charge in [0.2, 0.25) is 0 Å². The first kappa shape index (κ1) is 10.2. The van der Waals surface area contributed by atoms with Gasteiger partial charge in [0.15, 0.2) is 0 Å². The van der Waals surface area contributed by atoms with Crippen LogP contribution in [-0.2, 0) is 0 Å². The second-order valence-corrected chi connectivity index (χ2v) is 3.96. The van der Waals surface area contributed by atoms with Crippen molar-refractivity contribution in [3.05, 3.63) is 22.2 Å². The lowest BCUT2D eigenvalue weighted by molar-refractivity contribution is 0.614. The quantitative estimate of drug-likeness (QED) is 0.659. The van der Waals surface area contributed by atoms with Crippen molar-refractivity contribution < 1.29 is 0 Å². The molecule has 1 atom stereocenters. The molecular weight excluding hydrogens is 192 g/mol. The number of rotatable bonds is 3. The van der Waals surface area contributed by atoms with Crippen LogP contribution < -0.4 is 16.2 Å². The van der Waals surface area contributed by atoms with Crippen LogP contribution in [0.3, 0.4) is 0 Å². The molecule has 0 aromatic carbocycles. The second kappa shape index (κ2) is 4.44. The molecule has 82 valence electrons. The monoisotopic (exact) mass is 208 g/mol. The number of hydrogen-bond acceptors (Lipinski definition) is 4. The number of anilines is 1. The Bertz CT molecular complexity index is 381. The van der Waals surface area contributed by atoms with Crippen LogP contribution in [-0.4, -0.2) is 29.6 Å². The molecule has 2 rings (SSSR count). The predicted octanol–water partition coefficient (Wildman–Crippen LogP) is 0.0997. The smallest absolute Gasteiger partial charge is 0.252 e. The number of nitrogens with one attached hydrogen (secondary N) is 3. The van der Waals surface area contributed by atoms with Crippen molar-refractivity contribution in [1.29, 1.82) is 0 Å². The topological polar surface area (TPSA) is 69.8 Å². The maximum atomic E-state index is 11.2.